The van der Waals surface area contributed by atoms with Gasteiger partial charge in [-0.2, -0.15) is 0 Å². The van der Waals surface area contributed by atoms with Crippen molar-refractivity contribution in [1.82, 2.24) is 20.2 Å². The fourth-order valence-electron chi connectivity index (χ4n) is 3.96. The lowest BCUT2D eigenvalue weighted by Crippen LogP contribution is -2.43. The number of carbonyl (C=O) groups excluding carboxylic acids is 1. The molecule has 0 fully saturated rings. The summed E-state index contributed by atoms with van der Waals surface area (Å²) in [7, 11) is -0.603. The topological polar surface area (TPSA) is 122 Å². The Kier molecular flexibility index (Phi) is 9.12. The molecule has 0 aliphatic rings. The Hall–Kier alpha value is -3.38. The summed E-state index contributed by atoms with van der Waals surface area (Å²) in [6.07, 6.45) is 1.15. The third-order valence-electron chi connectivity index (χ3n) is 7.08. The van der Waals surface area contributed by atoms with Crippen molar-refractivity contribution in [2.45, 2.75) is 51.9 Å². The minimum absolute atomic E-state index is 0.0191. The van der Waals surface area contributed by atoms with Crippen LogP contribution in [0.4, 0.5) is 0 Å². The first-order valence-electron chi connectivity index (χ1n) is 13.0. The standard InChI is InChI=1S/C29H34ClN5O4SSi/c1-17-14-20(19-10-8-9-11-22(19)37-5)24(26(31)36)25(33-17)27-34-35-28(40-27)38-16-23(21-13-12-18(30)15-32-21)39-41(6,7)29(2,3)4/h8-15,23H,16H2,1-7H3,(H2,31,36). The number of rotatable bonds is 10. The third-order valence-corrected chi connectivity index (χ3v) is 12.6. The molecule has 3 heterocycles. The predicted molar refractivity (Wildman–Crippen MR) is 164 cm³/mol. The first-order chi connectivity index (χ1) is 19.3. The van der Waals surface area contributed by atoms with Gasteiger partial charge in [0.25, 0.3) is 11.1 Å². The van der Waals surface area contributed by atoms with Crippen molar-refractivity contribution >= 4 is 37.2 Å². The van der Waals surface area contributed by atoms with E-state index in [0.717, 1.165) is 5.56 Å². The van der Waals surface area contributed by atoms with Crippen molar-refractivity contribution in [3.63, 3.8) is 0 Å². The minimum atomic E-state index is -2.18. The lowest BCUT2D eigenvalue weighted by molar-refractivity contribution is 0.100. The van der Waals surface area contributed by atoms with Gasteiger partial charge in [-0.05, 0) is 49.3 Å². The fourth-order valence-corrected chi connectivity index (χ4v) is 6.02. The number of para-hydroxylation sites is 1. The summed E-state index contributed by atoms with van der Waals surface area (Å²) in [6.45, 7) is 12.9. The van der Waals surface area contributed by atoms with Crippen molar-refractivity contribution in [2.75, 3.05) is 13.7 Å². The highest BCUT2D eigenvalue weighted by molar-refractivity contribution is 7.16. The van der Waals surface area contributed by atoms with Gasteiger partial charge in [-0.25, -0.2) is 4.98 Å². The molecule has 12 heteroatoms. The van der Waals surface area contributed by atoms with E-state index in [-0.39, 0.29) is 17.2 Å². The summed E-state index contributed by atoms with van der Waals surface area (Å²) >= 11 is 7.25. The van der Waals surface area contributed by atoms with Gasteiger partial charge >= 0.3 is 0 Å². The van der Waals surface area contributed by atoms with Gasteiger partial charge in [0.2, 0.25) is 0 Å². The molecule has 4 aromatic rings. The average Bonchev–Trinajstić information content (AvgIpc) is 3.39. The number of nitrogens with zero attached hydrogens (tertiary/aromatic N) is 4. The van der Waals surface area contributed by atoms with Crippen molar-refractivity contribution < 1.29 is 18.7 Å². The summed E-state index contributed by atoms with van der Waals surface area (Å²) in [6, 6.07) is 12.8. The molecule has 0 bridgehead atoms. The summed E-state index contributed by atoms with van der Waals surface area (Å²) in [5.74, 6) is -0.0286. The van der Waals surface area contributed by atoms with Crippen LogP contribution in [-0.2, 0) is 4.43 Å². The molecule has 41 heavy (non-hydrogen) atoms. The highest BCUT2D eigenvalue weighted by Gasteiger charge is 2.40. The molecule has 1 amide bonds. The van der Waals surface area contributed by atoms with Crippen molar-refractivity contribution in [3.8, 4) is 32.8 Å². The number of carbonyl (C=O) groups is 1. The van der Waals surface area contributed by atoms with Crippen LogP contribution in [0.15, 0.2) is 48.7 Å². The Labute approximate surface area is 250 Å². The molecule has 0 radical (unpaired) electrons. The molecule has 0 aliphatic carbocycles. The second-order valence-corrected chi connectivity index (χ2v) is 17.2. The minimum Gasteiger partial charge on any atom is -0.496 e. The lowest BCUT2D eigenvalue weighted by atomic mass is 9.96. The van der Waals surface area contributed by atoms with E-state index in [1.807, 2.05) is 43.3 Å². The number of amides is 1. The Balaban J connectivity index is 1.67. The molecule has 1 atom stereocenters. The van der Waals surface area contributed by atoms with E-state index in [0.29, 0.717) is 43.6 Å². The number of halogens is 1. The van der Waals surface area contributed by atoms with E-state index in [9.17, 15) is 4.79 Å². The zero-order valence-corrected chi connectivity index (χ0v) is 26.8. The fraction of sp³-hybridized carbons (Fsp3) is 0.345. The van der Waals surface area contributed by atoms with Crippen molar-refractivity contribution in [3.05, 3.63) is 70.6 Å². The van der Waals surface area contributed by atoms with Crippen LogP contribution in [0, 0.1) is 6.92 Å². The van der Waals surface area contributed by atoms with E-state index in [4.69, 9.17) is 31.2 Å². The van der Waals surface area contributed by atoms with Gasteiger partial charge in [-0.15, -0.1) is 5.10 Å². The van der Waals surface area contributed by atoms with Crippen molar-refractivity contribution in [1.29, 1.82) is 0 Å². The molecule has 1 aromatic carbocycles. The Morgan fingerprint density at radius 2 is 1.85 bits per heavy atom. The highest BCUT2D eigenvalue weighted by Crippen LogP contribution is 2.41. The maximum absolute atomic E-state index is 12.8. The molecule has 3 aromatic heterocycles. The molecule has 0 spiro atoms. The number of nitrogens with two attached hydrogens (primary N) is 1. The van der Waals surface area contributed by atoms with Gasteiger partial charge in [0.05, 0.1) is 23.4 Å². The van der Waals surface area contributed by atoms with E-state index in [1.165, 1.54) is 11.3 Å². The molecule has 0 aliphatic heterocycles. The summed E-state index contributed by atoms with van der Waals surface area (Å²) in [5.41, 5.74) is 9.16. The number of hydrogen-bond acceptors (Lipinski definition) is 9. The molecular weight excluding hydrogens is 578 g/mol. The van der Waals surface area contributed by atoms with Gasteiger partial charge in [0.15, 0.2) is 13.3 Å². The van der Waals surface area contributed by atoms with Crippen LogP contribution in [0.3, 0.4) is 0 Å². The number of methoxy groups -OCH3 is 1. The zero-order valence-electron chi connectivity index (χ0n) is 24.2. The van der Waals surface area contributed by atoms with Gasteiger partial charge < -0.3 is 19.6 Å². The second kappa shape index (κ2) is 12.2. The molecule has 216 valence electrons. The number of hydrogen-bond donors (Lipinski definition) is 1. The second-order valence-electron chi connectivity index (χ2n) is 11.1. The van der Waals surface area contributed by atoms with Crippen LogP contribution in [-0.4, -0.2) is 48.1 Å². The lowest BCUT2D eigenvalue weighted by Gasteiger charge is -2.38. The molecule has 4 rings (SSSR count). The van der Waals surface area contributed by atoms with Gasteiger partial charge in [0.1, 0.15) is 24.2 Å². The van der Waals surface area contributed by atoms with E-state index >= 15 is 0 Å². The molecule has 2 N–H and O–H groups in total. The number of aromatic nitrogens is 4. The molecule has 0 saturated carbocycles. The van der Waals surface area contributed by atoms with Crippen LogP contribution >= 0.6 is 22.9 Å². The third kappa shape index (κ3) is 6.92. The van der Waals surface area contributed by atoms with Gasteiger partial charge in [-0.3, -0.25) is 9.78 Å². The average molecular weight is 612 g/mol. The largest absolute Gasteiger partial charge is 0.496 e. The summed E-state index contributed by atoms with van der Waals surface area (Å²) in [5, 5.41) is 9.75. The summed E-state index contributed by atoms with van der Waals surface area (Å²) < 4.78 is 18.3. The molecule has 9 nitrogen and oxygen atoms in total. The first-order valence-corrected chi connectivity index (χ1v) is 17.1. The smallest absolute Gasteiger partial charge is 0.294 e. The normalized spacial score (nSPS) is 12.7. The van der Waals surface area contributed by atoms with E-state index in [2.05, 4.69) is 54.0 Å². The quantitative estimate of drug-likeness (QED) is 0.193. The zero-order chi connectivity index (χ0) is 29.9. The van der Waals surface area contributed by atoms with E-state index in [1.54, 1.807) is 19.4 Å². The van der Waals surface area contributed by atoms with Crippen LogP contribution < -0.4 is 15.2 Å². The first kappa shape index (κ1) is 30.6. The molecule has 0 saturated heterocycles. The Morgan fingerprint density at radius 3 is 2.49 bits per heavy atom. The highest BCUT2D eigenvalue weighted by atomic mass is 35.5. The van der Waals surface area contributed by atoms with Crippen LogP contribution in [0.1, 0.15) is 48.6 Å². The van der Waals surface area contributed by atoms with E-state index < -0.39 is 20.3 Å². The number of pyridine rings is 2. The molecular formula is C29H34ClN5O4SSi. The monoisotopic (exact) mass is 611 g/mol. The maximum atomic E-state index is 12.8. The molecule has 1 unspecified atom stereocenters. The maximum Gasteiger partial charge on any atom is 0.294 e. The van der Waals surface area contributed by atoms with Gasteiger partial charge in [0, 0.05) is 23.0 Å². The number of benzene rings is 1. The summed E-state index contributed by atoms with van der Waals surface area (Å²) in [4.78, 5) is 21.9. The SMILES string of the molecule is COc1ccccc1-c1cc(C)nc(-c2nnc(OCC(O[Si](C)(C)C(C)(C)C)c3ccc(Cl)cn3)s2)c1C(N)=O. The van der Waals surface area contributed by atoms with Crippen LogP contribution in [0.2, 0.25) is 23.2 Å². The van der Waals surface area contributed by atoms with Crippen LogP contribution in [0.25, 0.3) is 21.8 Å². The Morgan fingerprint density at radius 1 is 1.12 bits per heavy atom. The Bertz CT molecular complexity index is 1540. The van der Waals surface area contributed by atoms with Gasteiger partial charge in [-0.1, -0.05) is 67.0 Å². The number of ether oxygens (including phenoxy) is 2. The number of aryl methyl sites for hydroxylation is 1. The predicted octanol–water partition coefficient (Wildman–Crippen LogP) is 6.87. The van der Waals surface area contributed by atoms with Crippen LogP contribution in [0.5, 0.6) is 10.9 Å². The number of primary amides is 1. The van der Waals surface area contributed by atoms with Crippen molar-refractivity contribution in [2.24, 2.45) is 5.73 Å².